The van der Waals surface area contributed by atoms with Crippen LogP contribution in [0.5, 0.6) is 0 Å². The standard InChI is InChI=1S/C14H16F3N3O2/c1-2-10(20-7-3-4-12(20)21)13(22)19-11-8-9(5-6-18-11)14(15,16)17/h5-6,8,10H,2-4,7H2,1H3,(H,18,19,22)/t10-/m1/s1. The first kappa shape index (κ1) is 16.3. The molecule has 0 unspecified atom stereocenters. The highest BCUT2D eigenvalue weighted by Crippen LogP contribution is 2.30. The van der Waals surface area contributed by atoms with Gasteiger partial charge >= 0.3 is 6.18 Å². The number of aromatic nitrogens is 1. The van der Waals surface area contributed by atoms with Crippen molar-refractivity contribution in [2.24, 2.45) is 0 Å². The van der Waals surface area contributed by atoms with Gasteiger partial charge in [0.25, 0.3) is 0 Å². The predicted molar refractivity (Wildman–Crippen MR) is 72.9 cm³/mol. The van der Waals surface area contributed by atoms with Crippen molar-refractivity contribution in [3.05, 3.63) is 23.9 Å². The van der Waals surface area contributed by atoms with Gasteiger partial charge in [-0.05, 0) is 25.0 Å². The second-order valence-electron chi connectivity index (χ2n) is 5.03. The molecule has 2 heterocycles. The molecule has 0 spiro atoms. The number of hydrogen-bond donors (Lipinski definition) is 1. The van der Waals surface area contributed by atoms with Crippen molar-refractivity contribution >= 4 is 17.6 Å². The van der Waals surface area contributed by atoms with Gasteiger partial charge in [-0.3, -0.25) is 9.59 Å². The van der Waals surface area contributed by atoms with Crippen molar-refractivity contribution in [2.75, 3.05) is 11.9 Å². The van der Waals surface area contributed by atoms with Crippen LogP contribution in [0.3, 0.4) is 0 Å². The molecule has 2 rings (SSSR count). The molecule has 0 aromatic carbocycles. The zero-order valence-corrected chi connectivity index (χ0v) is 12.0. The zero-order valence-electron chi connectivity index (χ0n) is 12.0. The lowest BCUT2D eigenvalue weighted by Gasteiger charge is -2.25. The van der Waals surface area contributed by atoms with Gasteiger partial charge in [-0.25, -0.2) is 4.98 Å². The molecular weight excluding hydrogens is 299 g/mol. The van der Waals surface area contributed by atoms with Gasteiger partial charge in [0.15, 0.2) is 0 Å². The molecule has 8 heteroatoms. The van der Waals surface area contributed by atoms with E-state index < -0.39 is 23.7 Å². The van der Waals surface area contributed by atoms with Crippen LogP contribution in [-0.2, 0) is 15.8 Å². The summed E-state index contributed by atoms with van der Waals surface area (Å²) in [5.41, 5.74) is -0.886. The predicted octanol–water partition coefficient (Wildman–Crippen LogP) is 2.44. The molecule has 5 nitrogen and oxygen atoms in total. The number of amides is 2. The van der Waals surface area contributed by atoms with E-state index >= 15 is 0 Å². The van der Waals surface area contributed by atoms with Gasteiger partial charge in [-0.1, -0.05) is 6.92 Å². The fourth-order valence-electron chi connectivity index (χ4n) is 2.43. The summed E-state index contributed by atoms with van der Waals surface area (Å²) in [6.07, 6.45) is -2.05. The minimum Gasteiger partial charge on any atom is -0.331 e. The van der Waals surface area contributed by atoms with Gasteiger partial charge in [0, 0.05) is 19.2 Å². The number of anilines is 1. The number of carbonyl (C=O) groups excluding carboxylic acids is 2. The van der Waals surface area contributed by atoms with Crippen molar-refractivity contribution in [2.45, 2.75) is 38.4 Å². The van der Waals surface area contributed by atoms with Crippen molar-refractivity contribution in [1.82, 2.24) is 9.88 Å². The largest absolute Gasteiger partial charge is 0.416 e. The molecule has 1 aliphatic heterocycles. The Labute approximate surface area is 125 Å². The lowest BCUT2D eigenvalue weighted by molar-refractivity contribution is -0.137. The molecule has 1 aliphatic rings. The molecule has 1 aromatic rings. The molecule has 0 bridgehead atoms. The molecule has 1 N–H and O–H groups in total. The average molecular weight is 315 g/mol. The second-order valence-corrected chi connectivity index (χ2v) is 5.03. The summed E-state index contributed by atoms with van der Waals surface area (Å²) in [6, 6.07) is 0.916. The van der Waals surface area contributed by atoms with E-state index in [1.54, 1.807) is 6.92 Å². The summed E-state index contributed by atoms with van der Waals surface area (Å²) in [7, 11) is 0. The Morgan fingerprint density at radius 2 is 2.23 bits per heavy atom. The van der Waals surface area contributed by atoms with Crippen molar-refractivity contribution in [3.8, 4) is 0 Å². The van der Waals surface area contributed by atoms with E-state index in [1.807, 2.05) is 0 Å². The Kier molecular flexibility index (Phi) is 4.68. The summed E-state index contributed by atoms with van der Waals surface area (Å²) in [5, 5.41) is 2.36. The van der Waals surface area contributed by atoms with E-state index in [-0.39, 0.29) is 11.7 Å². The monoisotopic (exact) mass is 315 g/mol. The molecule has 0 saturated carbocycles. The van der Waals surface area contributed by atoms with Crippen molar-refractivity contribution in [3.63, 3.8) is 0 Å². The normalized spacial score (nSPS) is 16.7. The van der Waals surface area contributed by atoms with Crippen LogP contribution in [0.4, 0.5) is 19.0 Å². The Balaban J connectivity index is 2.12. The van der Waals surface area contributed by atoms with Crippen LogP contribution < -0.4 is 5.32 Å². The third kappa shape index (κ3) is 3.55. The van der Waals surface area contributed by atoms with Gasteiger partial charge in [-0.2, -0.15) is 13.2 Å². The topological polar surface area (TPSA) is 62.3 Å². The number of carbonyl (C=O) groups is 2. The molecule has 2 amide bonds. The fourth-order valence-corrected chi connectivity index (χ4v) is 2.43. The van der Waals surface area contributed by atoms with E-state index in [0.717, 1.165) is 18.3 Å². The van der Waals surface area contributed by atoms with Crippen LogP contribution in [0.25, 0.3) is 0 Å². The van der Waals surface area contributed by atoms with Crippen LogP contribution >= 0.6 is 0 Å². The first-order valence-electron chi connectivity index (χ1n) is 6.96. The van der Waals surface area contributed by atoms with Gasteiger partial charge in [-0.15, -0.1) is 0 Å². The van der Waals surface area contributed by atoms with Crippen LogP contribution in [0, 0.1) is 0 Å². The summed E-state index contributed by atoms with van der Waals surface area (Å²) in [5.74, 6) is -0.812. The highest BCUT2D eigenvalue weighted by atomic mass is 19.4. The number of likely N-dealkylation sites (tertiary alicyclic amines) is 1. The Bertz CT molecular complexity index is 575. The van der Waals surface area contributed by atoms with Gasteiger partial charge in [0.2, 0.25) is 11.8 Å². The molecule has 1 atom stereocenters. The summed E-state index contributed by atoms with van der Waals surface area (Å²) >= 11 is 0. The van der Waals surface area contributed by atoms with E-state index in [2.05, 4.69) is 10.3 Å². The molecule has 120 valence electrons. The minimum atomic E-state index is -4.50. The first-order valence-corrected chi connectivity index (χ1v) is 6.96. The molecule has 1 aromatic heterocycles. The highest BCUT2D eigenvalue weighted by molar-refractivity contribution is 5.96. The molecule has 0 aliphatic carbocycles. The Morgan fingerprint density at radius 1 is 1.50 bits per heavy atom. The van der Waals surface area contributed by atoms with E-state index in [1.165, 1.54) is 4.90 Å². The lowest BCUT2D eigenvalue weighted by atomic mass is 10.1. The molecular formula is C14H16F3N3O2. The molecule has 0 radical (unpaired) electrons. The van der Waals surface area contributed by atoms with Crippen molar-refractivity contribution < 1.29 is 22.8 Å². The maximum atomic E-state index is 12.6. The molecule has 22 heavy (non-hydrogen) atoms. The SMILES string of the molecule is CC[C@H](C(=O)Nc1cc(C(F)(F)F)ccn1)N1CCCC1=O. The van der Waals surface area contributed by atoms with Gasteiger partial charge in [0.1, 0.15) is 11.9 Å². The average Bonchev–Trinajstić information content (AvgIpc) is 2.85. The minimum absolute atomic E-state index is 0.112. The Morgan fingerprint density at radius 3 is 2.77 bits per heavy atom. The third-order valence-corrected chi connectivity index (χ3v) is 3.51. The Hall–Kier alpha value is -2.12. The summed E-state index contributed by atoms with van der Waals surface area (Å²) < 4.78 is 37.9. The smallest absolute Gasteiger partial charge is 0.331 e. The van der Waals surface area contributed by atoms with Gasteiger partial charge in [0.05, 0.1) is 5.56 Å². The first-order chi connectivity index (χ1) is 10.3. The van der Waals surface area contributed by atoms with E-state index in [0.29, 0.717) is 25.8 Å². The van der Waals surface area contributed by atoms with Crippen LogP contribution in [-0.4, -0.2) is 34.3 Å². The van der Waals surface area contributed by atoms with E-state index in [4.69, 9.17) is 0 Å². The summed E-state index contributed by atoms with van der Waals surface area (Å²) in [4.78, 5) is 29.1. The highest BCUT2D eigenvalue weighted by Gasteiger charge is 2.33. The maximum Gasteiger partial charge on any atom is 0.416 e. The van der Waals surface area contributed by atoms with Crippen LogP contribution in [0.15, 0.2) is 18.3 Å². The molecule has 1 fully saturated rings. The third-order valence-electron chi connectivity index (χ3n) is 3.51. The van der Waals surface area contributed by atoms with Crippen LogP contribution in [0.1, 0.15) is 31.7 Å². The van der Waals surface area contributed by atoms with Crippen molar-refractivity contribution in [1.29, 1.82) is 0 Å². The van der Waals surface area contributed by atoms with Gasteiger partial charge < -0.3 is 10.2 Å². The zero-order chi connectivity index (χ0) is 16.3. The number of rotatable bonds is 4. The quantitative estimate of drug-likeness (QED) is 0.928. The number of alkyl halides is 3. The number of nitrogens with one attached hydrogen (secondary N) is 1. The number of halogens is 3. The fraction of sp³-hybridized carbons (Fsp3) is 0.500. The maximum absolute atomic E-state index is 12.6. The number of hydrogen-bond acceptors (Lipinski definition) is 3. The second kappa shape index (κ2) is 6.33. The summed E-state index contributed by atoms with van der Waals surface area (Å²) in [6.45, 7) is 2.23. The van der Waals surface area contributed by atoms with Crippen LogP contribution in [0.2, 0.25) is 0 Å². The number of nitrogens with zero attached hydrogens (tertiary/aromatic N) is 2. The lowest BCUT2D eigenvalue weighted by Crippen LogP contribution is -2.44. The number of pyridine rings is 1. The van der Waals surface area contributed by atoms with E-state index in [9.17, 15) is 22.8 Å². The molecule has 1 saturated heterocycles.